The van der Waals surface area contributed by atoms with Crippen LogP contribution in [0.3, 0.4) is 0 Å². The Morgan fingerprint density at radius 1 is 0.900 bits per heavy atom. The number of piperazine rings is 1. The molecule has 0 saturated carbocycles. The maximum absolute atomic E-state index is 13.3. The van der Waals surface area contributed by atoms with Gasteiger partial charge in [0.2, 0.25) is 11.8 Å². The van der Waals surface area contributed by atoms with E-state index in [-0.39, 0.29) is 48.3 Å². The number of hydrogen-bond acceptors (Lipinski definition) is 7. The number of aryl methyl sites for hydroxylation is 1. The fourth-order valence-electron chi connectivity index (χ4n) is 4.95. The maximum Gasteiger partial charge on any atom is 0.273 e. The van der Waals surface area contributed by atoms with E-state index in [4.69, 9.17) is 4.74 Å². The largest absolute Gasteiger partial charge is 0.489 e. The third-order valence-corrected chi connectivity index (χ3v) is 7.31. The molecule has 2 aromatic carbocycles. The van der Waals surface area contributed by atoms with Crippen molar-refractivity contribution in [3.8, 4) is 17.1 Å². The zero-order valence-corrected chi connectivity index (χ0v) is 22.4. The van der Waals surface area contributed by atoms with Crippen molar-refractivity contribution in [3.63, 3.8) is 0 Å². The van der Waals surface area contributed by atoms with E-state index in [0.29, 0.717) is 49.9 Å². The highest BCUT2D eigenvalue weighted by molar-refractivity contribution is 5.79. The summed E-state index contributed by atoms with van der Waals surface area (Å²) in [7, 11) is 0. The third kappa shape index (κ3) is 7.09. The van der Waals surface area contributed by atoms with E-state index >= 15 is 0 Å². The number of benzene rings is 2. The van der Waals surface area contributed by atoms with Crippen molar-refractivity contribution < 1.29 is 18.7 Å². The van der Waals surface area contributed by atoms with E-state index in [0.717, 1.165) is 31.5 Å². The topological polar surface area (TPSA) is 112 Å². The van der Waals surface area contributed by atoms with E-state index in [1.165, 1.54) is 12.1 Å². The van der Waals surface area contributed by atoms with Crippen LogP contribution in [0, 0.1) is 5.82 Å². The molecule has 0 radical (unpaired) electrons. The summed E-state index contributed by atoms with van der Waals surface area (Å²) in [6.07, 6.45) is 2.52. The van der Waals surface area contributed by atoms with Gasteiger partial charge in [0.1, 0.15) is 23.9 Å². The lowest BCUT2D eigenvalue weighted by Gasteiger charge is -2.35. The van der Waals surface area contributed by atoms with Crippen LogP contribution >= 0.6 is 0 Å². The first-order valence-electron chi connectivity index (χ1n) is 13.7. The number of ether oxygens (including phenoxy) is 1. The van der Waals surface area contributed by atoms with Crippen LogP contribution in [0.25, 0.3) is 11.4 Å². The van der Waals surface area contributed by atoms with Gasteiger partial charge in [0, 0.05) is 57.7 Å². The Bertz CT molecular complexity index is 1380. The molecule has 3 heterocycles. The number of nitrogens with one attached hydrogen (secondary N) is 1. The van der Waals surface area contributed by atoms with Crippen molar-refractivity contribution in [1.29, 1.82) is 0 Å². The molecule has 3 aromatic rings. The molecule has 2 amide bonds. The number of carbonyl (C=O) groups is 2. The SMILES string of the molecule is O=C(CCc1nnc(-c2ccc(OCc3cccc(F)c3)cc2)[nH]c1=O)N1CCN(CC(=O)N2CCCC2)CC1. The molecule has 0 spiro atoms. The predicted octanol–water partition coefficient (Wildman–Crippen LogP) is 2.25. The van der Waals surface area contributed by atoms with Gasteiger partial charge in [-0.1, -0.05) is 12.1 Å². The van der Waals surface area contributed by atoms with E-state index in [1.54, 1.807) is 41.3 Å². The second kappa shape index (κ2) is 12.8. The number of carbonyl (C=O) groups excluding carboxylic acids is 2. The van der Waals surface area contributed by atoms with E-state index in [2.05, 4.69) is 20.1 Å². The number of halogens is 1. The highest BCUT2D eigenvalue weighted by atomic mass is 19.1. The van der Waals surface area contributed by atoms with Gasteiger partial charge in [0.15, 0.2) is 5.82 Å². The van der Waals surface area contributed by atoms with Crippen LogP contribution in [-0.2, 0) is 22.6 Å². The first-order chi connectivity index (χ1) is 19.4. The summed E-state index contributed by atoms with van der Waals surface area (Å²) in [4.78, 5) is 46.3. The minimum absolute atomic E-state index is 0.0374. The van der Waals surface area contributed by atoms with Gasteiger partial charge in [-0.05, 0) is 54.8 Å². The quantitative estimate of drug-likeness (QED) is 0.437. The molecule has 210 valence electrons. The third-order valence-electron chi connectivity index (χ3n) is 7.31. The summed E-state index contributed by atoms with van der Waals surface area (Å²) in [5, 5.41) is 8.23. The van der Waals surface area contributed by atoms with Crippen molar-refractivity contribution in [1.82, 2.24) is 29.9 Å². The van der Waals surface area contributed by atoms with Crippen LogP contribution in [0.4, 0.5) is 4.39 Å². The fraction of sp³-hybridized carbons (Fsp3) is 0.414. The Labute approximate surface area is 231 Å². The van der Waals surface area contributed by atoms with Gasteiger partial charge < -0.3 is 19.5 Å². The minimum Gasteiger partial charge on any atom is -0.489 e. The number of aromatic nitrogens is 3. The molecule has 0 atom stereocenters. The monoisotopic (exact) mass is 548 g/mol. The summed E-state index contributed by atoms with van der Waals surface area (Å²) in [5.41, 5.74) is 1.21. The van der Waals surface area contributed by atoms with Crippen molar-refractivity contribution in [3.05, 3.63) is 76.0 Å². The number of H-pyrrole nitrogens is 1. The zero-order chi connectivity index (χ0) is 27.9. The van der Waals surface area contributed by atoms with E-state index < -0.39 is 0 Å². The average Bonchev–Trinajstić information content (AvgIpc) is 3.52. The van der Waals surface area contributed by atoms with Crippen molar-refractivity contribution in [2.75, 3.05) is 45.8 Å². The standard InChI is InChI=1S/C29H33FN6O4/c30-23-5-3-4-21(18-23)20-40-24-8-6-22(7-9-24)28-31-29(39)25(32-33-28)10-11-26(37)36-16-14-34(15-17-36)19-27(38)35-12-1-2-13-35/h3-9,18H,1-2,10-17,19-20H2,(H,31,33,39). The summed E-state index contributed by atoms with van der Waals surface area (Å²) < 4.78 is 19.0. The summed E-state index contributed by atoms with van der Waals surface area (Å²) in [5.74, 6) is 0.731. The number of nitrogens with zero attached hydrogens (tertiary/aromatic N) is 5. The van der Waals surface area contributed by atoms with Gasteiger partial charge in [-0.15, -0.1) is 10.2 Å². The van der Waals surface area contributed by atoms with Crippen LogP contribution in [0.5, 0.6) is 5.75 Å². The van der Waals surface area contributed by atoms with Crippen molar-refractivity contribution in [2.45, 2.75) is 32.3 Å². The van der Waals surface area contributed by atoms with Gasteiger partial charge >= 0.3 is 0 Å². The van der Waals surface area contributed by atoms with Crippen LogP contribution in [0.1, 0.15) is 30.5 Å². The molecule has 1 aromatic heterocycles. The van der Waals surface area contributed by atoms with Gasteiger partial charge in [0.05, 0.1) is 6.54 Å². The highest BCUT2D eigenvalue weighted by Gasteiger charge is 2.25. The second-order valence-corrected chi connectivity index (χ2v) is 10.1. The normalized spacial score (nSPS) is 15.8. The molecule has 0 bridgehead atoms. The second-order valence-electron chi connectivity index (χ2n) is 10.1. The van der Waals surface area contributed by atoms with Crippen LogP contribution < -0.4 is 10.3 Å². The smallest absolute Gasteiger partial charge is 0.273 e. The first-order valence-corrected chi connectivity index (χ1v) is 13.7. The Hall–Kier alpha value is -4.12. The number of likely N-dealkylation sites (tertiary alicyclic amines) is 1. The van der Waals surface area contributed by atoms with E-state index in [9.17, 15) is 18.8 Å². The molecule has 2 fully saturated rings. The molecule has 2 aliphatic heterocycles. The molecule has 10 nitrogen and oxygen atoms in total. The Morgan fingerprint density at radius 2 is 1.62 bits per heavy atom. The number of amides is 2. The Kier molecular flexibility index (Phi) is 8.80. The van der Waals surface area contributed by atoms with Crippen LogP contribution in [0.2, 0.25) is 0 Å². The fourth-order valence-corrected chi connectivity index (χ4v) is 4.95. The lowest BCUT2D eigenvalue weighted by atomic mass is 10.2. The molecule has 0 unspecified atom stereocenters. The van der Waals surface area contributed by atoms with Crippen LogP contribution in [0.15, 0.2) is 53.3 Å². The molecule has 5 rings (SSSR count). The first kappa shape index (κ1) is 27.4. The van der Waals surface area contributed by atoms with Gasteiger partial charge in [-0.2, -0.15) is 0 Å². The molecule has 2 saturated heterocycles. The molecule has 0 aliphatic carbocycles. The summed E-state index contributed by atoms with van der Waals surface area (Å²) >= 11 is 0. The molecule has 2 aliphatic rings. The van der Waals surface area contributed by atoms with E-state index in [1.807, 2.05) is 4.90 Å². The van der Waals surface area contributed by atoms with Crippen molar-refractivity contribution in [2.24, 2.45) is 0 Å². The Morgan fingerprint density at radius 3 is 2.33 bits per heavy atom. The number of rotatable bonds is 9. The lowest BCUT2D eigenvalue weighted by molar-refractivity contribution is -0.134. The lowest BCUT2D eigenvalue weighted by Crippen LogP contribution is -2.51. The van der Waals surface area contributed by atoms with Crippen LogP contribution in [-0.4, -0.2) is 87.5 Å². The molecular weight excluding hydrogens is 515 g/mol. The van der Waals surface area contributed by atoms with Gasteiger partial charge in [-0.25, -0.2) is 4.39 Å². The highest BCUT2D eigenvalue weighted by Crippen LogP contribution is 2.19. The summed E-state index contributed by atoms with van der Waals surface area (Å²) in [6, 6.07) is 13.2. The number of hydrogen-bond donors (Lipinski definition) is 1. The predicted molar refractivity (Wildman–Crippen MR) is 146 cm³/mol. The molecule has 40 heavy (non-hydrogen) atoms. The van der Waals surface area contributed by atoms with Gasteiger partial charge in [0.25, 0.3) is 5.56 Å². The minimum atomic E-state index is -0.380. The number of aromatic amines is 1. The Balaban J connectivity index is 1.08. The summed E-state index contributed by atoms with van der Waals surface area (Å²) in [6.45, 7) is 4.79. The molecular formula is C29H33FN6O4. The molecule has 11 heteroatoms. The zero-order valence-electron chi connectivity index (χ0n) is 22.4. The van der Waals surface area contributed by atoms with Crippen molar-refractivity contribution >= 4 is 11.8 Å². The average molecular weight is 549 g/mol. The van der Waals surface area contributed by atoms with Gasteiger partial charge in [-0.3, -0.25) is 19.3 Å². The molecule has 1 N–H and O–H groups in total. The maximum atomic E-state index is 13.3.